The molecular formula is C15H13Br2FO2. The molecule has 0 aliphatic carbocycles. The summed E-state index contributed by atoms with van der Waals surface area (Å²) in [5.74, 6) is 1.10. The normalized spacial score (nSPS) is 12.1. The Bertz CT molecular complexity index is 617. The van der Waals surface area contributed by atoms with Crippen molar-refractivity contribution in [3.05, 3.63) is 57.8 Å². The van der Waals surface area contributed by atoms with Gasteiger partial charge in [0.2, 0.25) is 0 Å². The van der Waals surface area contributed by atoms with E-state index in [-0.39, 0.29) is 10.6 Å². The van der Waals surface area contributed by atoms with Crippen molar-refractivity contribution in [1.82, 2.24) is 0 Å². The highest BCUT2D eigenvalue weighted by molar-refractivity contribution is 9.10. The monoisotopic (exact) mass is 402 g/mol. The van der Waals surface area contributed by atoms with Crippen molar-refractivity contribution in [3.63, 3.8) is 0 Å². The molecule has 1 unspecified atom stereocenters. The molecule has 0 saturated carbocycles. The van der Waals surface area contributed by atoms with Gasteiger partial charge in [0.15, 0.2) is 0 Å². The number of hydrogen-bond acceptors (Lipinski definition) is 2. The predicted molar refractivity (Wildman–Crippen MR) is 84.4 cm³/mol. The standard InChI is InChI=1S/C15H13Br2FO2/c1-19-13-6-4-10(18)8-11(13)15(17)9-3-5-14(20-2)12(16)7-9/h3-8,15H,1-2H3. The zero-order valence-electron chi connectivity index (χ0n) is 11.0. The Morgan fingerprint density at radius 3 is 2.25 bits per heavy atom. The van der Waals surface area contributed by atoms with Crippen LogP contribution in [0.4, 0.5) is 4.39 Å². The van der Waals surface area contributed by atoms with Gasteiger partial charge in [-0.25, -0.2) is 4.39 Å². The Kier molecular flexibility index (Phi) is 5.05. The van der Waals surface area contributed by atoms with Crippen molar-refractivity contribution in [3.8, 4) is 11.5 Å². The molecule has 2 aromatic rings. The molecule has 0 spiro atoms. The second kappa shape index (κ2) is 6.59. The van der Waals surface area contributed by atoms with Crippen LogP contribution in [0.1, 0.15) is 16.0 Å². The highest BCUT2D eigenvalue weighted by atomic mass is 79.9. The number of methoxy groups -OCH3 is 2. The average Bonchev–Trinajstić information content (AvgIpc) is 2.46. The fourth-order valence-corrected chi connectivity index (χ4v) is 3.12. The number of hydrogen-bond donors (Lipinski definition) is 0. The summed E-state index contributed by atoms with van der Waals surface area (Å²) in [5.41, 5.74) is 1.71. The lowest BCUT2D eigenvalue weighted by molar-refractivity contribution is 0.409. The molecule has 0 N–H and O–H groups in total. The van der Waals surface area contributed by atoms with Crippen LogP contribution in [-0.4, -0.2) is 14.2 Å². The Hall–Kier alpha value is -1.07. The summed E-state index contributed by atoms with van der Waals surface area (Å²) >= 11 is 7.04. The Morgan fingerprint density at radius 2 is 1.65 bits per heavy atom. The van der Waals surface area contributed by atoms with Gasteiger partial charge in [0.05, 0.1) is 23.5 Å². The number of benzene rings is 2. The van der Waals surface area contributed by atoms with Crippen LogP contribution in [0.25, 0.3) is 0 Å². The quantitative estimate of drug-likeness (QED) is 0.662. The van der Waals surface area contributed by atoms with E-state index in [9.17, 15) is 4.39 Å². The largest absolute Gasteiger partial charge is 0.496 e. The molecular weight excluding hydrogens is 391 g/mol. The summed E-state index contributed by atoms with van der Waals surface area (Å²) in [6, 6.07) is 10.2. The Balaban J connectivity index is 2.43. The lowest BCUT2D eigenvalue weighted by atomic mass is 10.0. The molecule has 1 atom stereocenters. The lowest BCUT2D eigenvalue weighted by Crippen LogP contribution is -1.98. The van der Waals surface area contributed by atoms with E-state index in [4.69, 9.17) is 9.47 Å². The molecule has 0 aromatic heterocycles. The van der Waals surface area contributed by atoms with E-state index in [0.717, 1.165) is 21.3 Å². The number of rotatable bonds is 4. The van der Waals surface area contributed by atoms with E-state index in [1.54, 1.807) is 20.3 Å². The predicted octanol–water partition coefficient (Wildman–Crippen LogP) is 5.09. The van der Waals surface area contributed by atoms with Gasteiger partial charge in [-0.05, 0) is 51.8 Å². The van der Waals surface area contributed by atoms with Crippen LogP contribution in [0.15, 0.2) is 40.9 Å². The van der Waals surface area contributed by atoms with Gasteiger partial charge in [0.1, 0.15) is 17.3 Å². The molecule has 106 valence electrons. The minimum absolute atomic E-state index is 0.171. The smallest absolute Gasteiger partial charge is 0.133 e. The molecule has 2 rings (SSSR count). The van der Waals surface area contributed by atoms with Crippen molar-refractivity contribution in [2.24, 2.45) is 0 Å². The summed E-state index contributed by atoms with van der Waals surface area (Å²) < 4.78 is 24.8. The maximum absolute atomic E-state index is 13.5. The zero-order valence-corrected chi connectivity index (χ0v) is 14.2. The minimum atomic E-state index is -0.294. The van der Waals surface area contributed by atoms with Crippen LogP contribution >= 0.6 is 31.9 Å². The van der Waals surface area contributed by atoms with Crippen LogP contribution in [0.5, 0.6) is 11.5 Å². The fraction of sp³-hybridized carbons (Fsp3) is 0.200. The molecule has 20 heavy (non-hydrogen) atoms. The first kappa shape index (κ1) is 15.3. The highest BCUT2D eigenvalue weighted by Gasteiger charge is 2.17. The highest BCUT2D eigenvalue weighted by Crippen LogP contribution is 2.39. The SMILES string of the molecule is COc1ccc(C(Br)c2cc(F)ccc2OC)cc1Br. The van der Waals surface area contributed by atoms with Gasteiger partial charge in [-0.1, -0.05) is 22.0 Å². The molecule has 0 aliphatic heterocycles. The molecule has 0 heterocycles. The average molecular weight is 404 g/mol. The Labute approximate surface area is 134 Å². The van der Waals surface area contributed by atoms with Crippen molar-refractivity contribution in [1.29, 1.82) is 0 Å². The van der Waals surface area contributed by atoms with E-state index in [0.29, 0.717) is 5.75 Å². The second-order valence-electron chi connectivity index (χ2n) is 4.14. The van der Waals surface area contributed by atoms with E-state index >= 15 is 0 Å². The maximum atomic E-state index is 13.5. The third-order valence-corrected chi connectivity index (χ3v) is 4.57. The minimum Gasteiger partial charge on any atom is -0.496 e. The molecule has 2 aromatic carbocycles. The zero-order chi connectivity index (χ0) is 14.7. The summed E-state index contributed by atoms with van der Waals surface area (Å²) in [6.07, 6.45) is 0. The van der Waals surface area contributed by atoms with Crippen molar-refractivity contribution < 1.29 is 13.9 Å². The maximum Gasteiger partial charge on any atom is 0.133 e. The second-order valence-corrected chi connectivity index (χ2v) is 5.91. The summed E-state index contributed by atoms with van der Waals surface area (Å²) in [4.78, 5) is -0.171. The van der Waals surface area contributed by atoms with Gasteiger partial charge < -0.3 is 9.47 Å². The molecule has 0 amide bonds. The molecule has 5 heteroatoms. The fourth-order valence-electron chi connectivity index (χ4n) is 1.92. The molecule has 2 nitrogen and oxygen atoms in total. The van der Waals surface area contributed by atoms with Gasteiger partial charge in [-0.3, -0.25) is 0 Å². The summed E-state index contributed by atoms with van der Waals surface area (Å²) in [5, 5.41) is 0. The number of alkyl halides is 1. The van der Waals surface area contributed by atoms with Gasteiger partial charge in [0, 0.05) is 5.56 Å². The number of halogens is 3. The first-order chi connectivity index (χ1) is 9.56. The molecule has 0 saturated heterocycles. The molecule has 0 fully saturated rings. The van der Waals surface area contributed by atoms with E-state index in [1.807, 2.05) is 18.2 Å². The third-order valence-electron chi connectivity index (χ3n) is 2.93. The van der Waals surface area contributed by atoms with E-state index < -0.39 is 0 Å². The Morgan fingerprint density at radius 1 is 1.00 bits per heavy atom. The van der Waals surface area contributed by atoms with Gasteiger partial charge in [-0.2, -0.15) is 0 Å². The van der Waals surface area contributed by atoms with Crippen molar-refractivity contribution in [2.75, 3.05) is 14.2 Å². The number of ether oxygens (including phenoxy) is 2. The van der Waals surface area contributed by atoms with Gasteiger partial charge in [-0.15, -0.1) is 0 Å². The first-order valence-corrected chi connectivity index (χ1v) is 7.58. The van der Waals surface area contributed by atoms with E-state index in [1.165, 1.54) is 12.1 Å². The van der Waals surface area contributed by atoms with Gasteiger partial charge in [0.25, 0.3) is 0 Å². The van der Waals surface area contributed by atoms with Crippen LogP contribution in [0.3, 0.4) is 0 Å². The van der Waals surface area contributed by atoms with Crippen molar-refractivity contribution >= 4 is 31.9 Å². The molecule has 0 radical (unpaired) electrons. The molecule has 0 aliphatic rings. The van der Waals surface area contributed by atoms with E-state index in [2.05, 4.69) is 31.9 Å². The van der Waals surface area contributed by atoms with Crippen LogP contribution in [0.2, 0.25) is 0 Å². The summed E-state index contributed by atoms with van der Waals surface area (Å²) in [6.45, 7) is 0. The van der Waals surface area contributed by atoms with Crippen LogP contribution < -0.4 is 9.47 Å². The topological polar surface area (TPSA) is 18.5 Å². The first-order valence-electron chi connectivity index (χ1n) is 5.87. The van der Waals surface area contributed by atoms with Crippen LogP contribution in [-0.2, 0) is 0 Å². The van der Waals surface area contributed by atoms with Crippen molar-refractivity contribution in [2.45, 2.75) is 4.83 Å². The lowest BCUT2D eigenvalue weighted by Gasteiger charge is -2.16. The molecule has 0 bridgehead atoms. The van der Waals surface area contributed by atoms with Crippen LogP contribution in [0, 0.1) is 5.82 Å². The summed E-state index contributed by atoms with van der Waals surface area (Å²) in [7, 11) is 3.18. The van der Waals surface area contributed by atoms with Gasteiger partial charge >= 0.3 is 0 Å². The third kappa shape index (κ3) is 3.15.